The fourth-order valence-corrected chi connectivity index (χ4v) is 3.22. The first-order valence-electron chi connectivity index (χ1n) is 7.52. The minimum absolute atomic E-state index is 0.572. The van der Waals surface area contributed by atoms with Crippen molar-refractivity contribution in [1.82, 2.24) is 19.6 Å². The molecular formula is C14H24ClN5S. The average Bonchev–Trinajstić information content (AvgIpc) is 2.77. The van der Waals surface area contributed by atoms with Gasteiger partial charge in [-0.3, -0.25) is 14.5 Å². The van der Waals surface area contributed by atoms with Crippen LogP contribution in [0.5, 0.6) is 0 Å². The summed E-state index contributed by atoms with van der Waals surface area (Å²) in [5, 5.41) is 5.42. The van der Waals surface area contributed by atoms with E-state index < -0.39 is 0 Å². The zero-order valence-corrected chi connectivity index (χ0v) is 14.4. The first-order chi connectivity index (χ1) is 10.0. The highest BCUT2D eigenvalue weighted by molar-refractivity contribution is 7.80. The second-order valence-corrected chi connectivity index (χ2v) is 6.30. The van der Waals surface area contributed by atoms with Crippen LogP contribution in [0.15, 0.2) is 0 Å². The van der Waals surface area contributed by atoms with Gasteiger partial charge in [0.15, 0.2) is 0 Å². The Kier molecular flexibility index (Phi) is 5.98. The number of aryl methyl sites for hydroxylation is 2. The van der Waals surface area contributed by atoms with Gasteiger partial charge < -0.3 is 5.73 Å². The van der Waals surface area contributed by atoms with Crippen molar-refractivity contribution in [3.63, 3.8) is 0 Å². The van der Waals surface area contributed by atoms with Crippen LogP contribution in [0.2, 0.25) is 5.02 Å². The molecule has 7 heteroatoms. The first kappa shape index (κ1) is 16.7. The fraction of sp³-hybridized carbons (Fsp3) is 0.714. The normalized spacial score (nSPS) is 17.3. The van der Waals surface area contributed by atoms with Gasteiger partial charge in [-0.15, -0.1) is 0 Å². The summed E-state index contributed by atoms with van der Waals surface area (Å²) < 4.78 is 2.03. The maximum atomic E-state index is 6.47. The van der Waals surface area contributed by atoms with Crippen molar-refractivity contribution in [3.05, 3.63) is 16.4 Å². The summed E-state index contributed by atoms with van der Waals surface area (Å²) in [6, 6.07) is 0. The number of thiocarbonyl (C=S) groups is 1. The Morgan fingerprint density at radius 3 is 2.38 bits per heavy atom. The van der Waals surface area contributed by atoms with E-state index in [1.165, 1.54) is 0 Å². The molecule has 0 spiro atoms. The van der Waals surface area contributed by atoms with Crippen LogP contribution in [0.3, 0.4) is 0 Å². The number of aromatic nitrogens is 2. The lowest BCUT2D eigenvalue weighted by Crippen LogP contribution is -2.48. The predicted molar refractivity (Wildman–Crippen MR) is 90.8 cm³/mol. The van der Waals surface area contributed by atoms with E-state index in [4.69, 9.17) is 29.6 Å². The molecule has 0 atom stereocenters. The van der Waals surface area contributed by atoms with Crippen LogP contribution in [0.4, 0.5) is 0 Å². The van der Waals surface area contributed by atoms with Crippen molar-refractivity contribution < 1.29 is 0 Å². The highest BCUT2D eigenvalue weighted by atomic mass is 35.5. The van der Waals surface area contributed by atoms with Crippen LogP contribution in [0.1, 0.15) is 25.2 Å². The molecule has 2 rings (SSSR count). The molecule has 1 aromatic rings. The van der Waals surface area contributed by atoms with Crippen molar-refractivity contribution >= 4 is 28.8 Å². The van der Waals surface area contributed by atoms with E-state index in [1.54, 1.807) is 0 Å². The third-order valence-electron chi connectivity index (χ3n) is 3.91. The molecule has 118 valence electrons. The topological polar surface area (TPSA) is 50.3 Å². The summed E-state index contributed by atoms with van der Waals surface area (Å²) in [6.45, 7) is 10.6. The molecule has 0 bridgehead atoms. The number of rotatable bonds is 6. The van der Waals surface area contributed by atoms with Gasteiger partial charge in [-0.25, -0.2) is 0 Å². The number of nitrogens with zero attached hydrogens (tertiary/aromatic N) is 4. The molecule has 1 fully saturated rings. The van der Waals surface area contributed by atoms with E-state index >= 15 is 0 Å². The second kappa shape index (κ2) is 7.54. The van der Waals surface area contributed by atoms with Crippen molar-refractivity contribution in [2.75, 3.05) is 32.7 Å². The van der Waals surface area contributed by atoms with Crippen LogP contribution in [-0.2, 0) is 19.5 Å². The average molecular weight is 330 g/mol. The Bertz CT molecular complexity index is 494. The van der Waals surface area contributed by atoms with Gasteiger partial charge in [0.05, 0.1) is 21.4 Å². The van der Waals surface area contributed by atoms with Gasteiger partial charge in [0, 0.05) is 45.8 Å². The van der Waals surface area contributed by atoms with E-state index in [2.05, 4.69) is 28.7 Å². The monoisotopic (exact) mass is 329 g/mol. The zero-order chi connectivity index (χ0) is 15.4. The van der Waals surface area contributed by atoms with Crippen molar-refractivity contribution in [1.29, 1.82) is 0 Å². The summed E-state index contributed by atoms with van der Waals surface area (Å²) in [5.41, 5.74) is 7.74. The van der Waals surface area contributed by atoms with Gasteiger partial charge >= 0.3 is 0 Å². The van der Waals surface area contributed by atoms with Gasteiger partial charge in [-0.1, -0.05) is 30.7 Å². The largest absolute Gasteiger partial charge is 0.392 e. The lowest BCUT2D eigenvalue weighted by molar-refractivity contribution is 0.137. The molecule has 0 amide bonds. The van der Waals surface area contributed by atoms with Crippen LogP contribution < -0.4 is 5.73 Å². The van der Waals surface area contributed by atoms with Gasteiger partial charge in [0.1, 0.15) is 0 Å². The fourth-order valence-electron chi connectivity index (χ4n) is 2.71. The van der Waals surface area contributed by atoms with Crippen LogP contribution in [0.25, 0.3) is 0 Å². The summed E-state index contributed by atoms with van der Waals surface area (Å²) in [4.78, 5) is 5.29. The standard InChI is InChI=1S/C14H24ClN5S/c1-3-11-14(15)12(20(4-2)17-11)9-18-5-7-19(8-6-18)10-13(16)21/h3-10H2,1-2H3,(H2,16,21). The third kappa shape index (κ3) is 4.16. The number of piperazine rings is 1. The molecule has 1 saturated heterocycles. The molecule has 2 N–H and O–H groups in total. The van der Waals surface area contributed by atoms with Gasteiger partial charge in [0.2, 0.25) is 0 Å². The molecule has 0 saturated carbocycles. The number of nitrogens with two attached hydrogens (primary N) is 1. The lowest BCUT2D eigenvalue weighted by atomic mass is 10.2. The third-order valence-corrected chi connectivity index (χ3v) is 4.48. The number of hydrogen-bond donors (Lipinski definition) is 1. The molecule has 0 aromatic carbocycles. The van der Waals surface area contributed by atoms with Gasteiger partial charge in [0.25, 0.3) is 0 Å². The maximum absolute atomic E-state index is 6.47. The molecule has 0 radical (unpaired) electrons. The van der Waals surface area contributed by atoms with Gasteiger partial charge in [-0.2, -0.15) is 5.10 Å². The Morgan fingerprint density at radius 1 is 1.24 bits per heavy atom. The number of hydrogen-bond acceptors (Lipinski definition) is 4. The van der Waals surface area contributed by atoms with E-state index in [9.17, 15) is 0 Å². The minimum Gasteiger partial charge on any atom is -0.392 e. The molecule has 1 aliphatic heterocycles. The van der Waals surface area contributed by atoms with Crippen LogP contribution >= 0.6 is 23.8 Å². The summed E-state index contributed by atoms with van der Waals surface area (Å²) in [6.07, 6.45) is 0.876. The quantitative estimate of drug-likeness (QED) is 0.802. The predicted octanol–water partition coefficient (Wildman–Crippen LogP) is 1.52. The Balaban J connectivity index is 1.97. The first-order valence-corrected chi connectivity index (χ1v) is 8.30. The minimum atomic E-state index is 0.572. The maximum Gasteiger partial charge on any atom is 0.0870 e. The molecule has 5 nitrogen and oxygen atoms in total. The highest BCUT2D eigenvalue weighted by Gasteiger charge is 2.21. The van der Waals surface area contributed by atoms with Gasteiger partial charge in [-0.05, 0) is 13.3 Å². The highest BCUT2D eigenvalue weighted by Crippen LogP contribution is 2.23. The molecule has 1 aromatic heterocycles. The van der Waals surface area contributed by atoms with E-state index in [0.29, 0.717) is 4.99 Å². The summed E-state index contributed by atoms with van der Waals surface area (Å²) in [7, 11) is 0. The number of halogens is 1. The molecule has 1 aliphatic rings. The van der Waals surface area contributed by atoms with Crippen molar-refractivity contribution in [3.8, 4) is 0 Å². The summed E-state index contributed by atoms with van der Waals surface area (Å²) >= 11 is 11.4. The van der Waals surface area contributed by atoms with E-state index in [-0.39, 0.29) is 0 Å². The Hall–Kier alpha value is -0.690. The Morgan fingerprint density at radius 2 is 1.86 bits per heavy atom. The van der Waals surface area contributed by atoms with Crippen molar-refractivity contribution in [2.45, 2.75) is 33.4 Å². The molecule has 21 heavy (non-hydrogen) atoms. The molecule has 0 aliphatic carbocycles. The van der Waals surface area contributed by atoms with Crippen molar-refractivity contribution in [2.24, 2.45) is 5.73 Å². The zero-order valence-electron chi connectivity index (χ0n) is 12.8. The van der Waals surface area contributed by atoms with Crippen LogP contribution in [-0.4, -0.2) is 57.3 Å². The molecular weight excluding hydrogens is 306 g/mol. The Labute approximate surface area is 137 Å². The summed E-state index contributed by atoms with van der Waals surface area (Å²) in [5.74, 6) is 0. The van der Waals surface area contributed by atoms with E-state index in [0.717, 1.165) is 68.6 Å². The lowest BCUT2D eigenvalue weighted by Gasteiger charge is -2.34. The van der Waals surface area contributed by atoms with Crippen LogP contribution in [0, 0.1) is 0 Å². The molecule has 2 heterocycles. The second-order valence-electron chi connectivity index (χ2n) is 5.40. The smallest absolute Gasteiger partial charge is 0.0870 e. The van der Waals surface area contributed by atoms with E-state index in [1.807, 2.05) is 4.68 Å². The SMILES string of the molecule is CCc1nn(CC)c(CN2CCN(CC(N)=S)CC2)c1Cl. The molecule has 0 unspecified atom stereocenters.